The van der Waals surface area contributed by atoms with Gasteiger partial charge >= 0.3 is 0 Å². The van der Waals surface area contributed by atoms with Crippen LogP contribution in [0, 0.1) is 0 Å². The van der Waals surface area contributed by atoms with Crippen molar-refractivity contribution >= 4 is 16.9 Å². The average Bonchev–Trinajstić information content (AvgIpc) is 3.27. The minimum Gasteiger partial charge on any atom is -0.486 e. The molecule has 1 amide bonds. The Kier molecular flexibility index (Phi) is 7.41. The van der Waals surface area contributed by atoms with Gasteiger partial charge in [0.25, 0.3) is 5.91 Å². The third-order valence-electron chi connectivity index (χ3n) is 5.32. The molecule has 3 heterocycles. The number of methoxy groups -OCH3 is 1. The van der Waals surface area contributed by atoms with E-state index < -0.39 is 0 Å². The Hall–Kier alpha value is -3.17. The fourth-order valence-electron chi connectivity index (χ4n) is 3.65. The van der Waals surface area contributed by atoms with E-state index in [0.717, 1.165) is 10.9 Å². The molecule has 1 aromatic carbocycles. The van der Waals surface area contributed by atoms with E-state index in [1.54, 1.807) is 13.3 Å². The fraction of sp³-hybridized carbons (Fsp3) is 0.458. The van der Waals surface area contributed by atoms with Gasteiger partial charge in [-0.25, -0.2) is 9.67 Å². The molecule has 0 aliphatic carbocycles. The second kappa shape index (κ2) is 10.6. The Labute approximate surface area is 193 Å². The smallest absolute Gasteiger partial charge is 0.252 e. The van der Waals surface area contributed by atoms with E-state index in [2.05, 4.69) is 10.4 Å². The van der Waals surface area contributed by atoms with Crippen LogP contribution in [0.1, 0.15) is 36.7 Å². The number of hydrogen-bond donors (Lipinski definition) is 1. The number of amides is 1. The lowest BCUT2D eigenvalue weighted by atomic mass is 10.1. The first-order chi connectivity index (χ1) is 16.1. The van der Waals surface area contributed by atoms with E-state index in [9.17, 15) is 4.79 Å². The van der Waals surface area contributed by atoms with Crippen LogP contribution >= 0.6 is 0 Å². The van der Waals surface area contributed by atoms with Gasteiger partial charge in [-0.2, -0.15) is 5.10 Å². The number of nitrogens with zero attached hydrogens (tertiary/aromatic N) is 3. The lowest BCUT2D eigenvalue weighted by Gasteiger charge is -2.19. The first-order valence-corrected chi connectivity index (χ1v) is 11.2. The number of rotatable bonds is 10. The number of ether oxygens (including phenoxy) is 4. The molecule has 9 heteroatoms. The number of aromatic nitrogens is 3. The zero-order valence-corrected chi connectivity index (χ0v) is 19.3. The van der Waals surface area contributed by atoms with Gasteiger partial charge in [0.15, 0.2) is 17.1 Å². The average molecular weight is 455 g/mol. The quantitative estimate of drug-likeness (QED) is 0.470. The molecule has 176 valence electrons. The van der Waals surface area contributed by atoms with Crippen molar-refractivity contribution in [2.75, 3.05) is 46.7 Å². The molecule has 1 aliphatic rings. The number of carbonyl (C=O) groups excluding carboxylic acids is 1. The van der Waals surface area contributed by atoms with Crippen LogP contribution in [0.15, 0.2) is 30.5 Å². The second-order valence-electron chi connectivity index (χ2n) is 8.05. The summed E-state index contributed by atoms with van der Waals surface area (Å²) in [6.45, 7) is 7.28. The predicted octanol–water partition coefficient (Wildman–Crippen LogP) is 3.23. The summed E-state index contributed by atoms with van der Waals surface area (Å²) in [6.07, 6.45) is 2.42. The summed E-state index contributed by atoms with van der Waals surface area (Å²) in [5.41, 5.74) is 2.73. The van der Waals surface area contributed by atoms with Gasteiger partial charge in [0.05, 0.1) is 36.1 Å². The van der Waals surface area contributed by atoms with Crippen LogP contribution < -0.4 is 14.8 Å². The monoisotopic (exact) mass is 454 g/mol. The maximum Gasteiger partial charge on any atom is 0.252 e. The summed E-state index contributed by atoms with van der Waals surface area (Å²) < 4.78 is 23.6. The highest BCUT2D eigenvalue weighted by atomic mass is 16.6. The largest absolute Gasteiger partial charge is 0.486 e. The standard InChI is InChI=1S/C24H30N4O5/c1-16(2)28-23-19(15-26-28)18(24(29)25-7-4-8-31-10-9-30-3)14-20(27-23)17-5-6-21-22(13-17)33-12-11-32-21/h5-6,13-16H,4,7-12H2,1-3H3,(H,25,29). The van der Waals surface area contributed by atoms with Crippen molar-refractivity contribution < 1.29 is 23.7 Å². The van der Waals surface area contributed by atoms with E-state index in [4.69, 9.17) is 23.9 Å². The lowest BCUT2D eigenvalue weighted by molar-refractivity contribution is 0.0688. The van der Waals surface area contributed by atoms with E-state index in [0.29, 0.717) is 74.4 Å². The number of hydrogen-bond acceptors (Lipinski definition) is 7. The molecule has 0 fully saturated rings. The highest BCUT2D eigenvalue weighted by molar-refractivity contribution is 6.06. The SMILES string of the molecule is COCCOCCCNC(=O)c1cc(-c2ccc3c(c2)OCCO3)nc2c1cnn2C(C)C. The van der Waals surface area contributed by atoms with Crippen molar-refractivity contribution in [3.8, 4) is 22.8 Å². The van der Waals surface area contributed by atoms with Crippen molar-refractivity contribution in [3.05, 3.63) is 36.0 Å². The topological polar surface area (TPSA) is 96.7 Å². The molecule has 0 bridgehead atoms. The summed E-state index contributed by atoms with van der Waals surface area (Å²) in [5.74, 6) is 1.22. The van der Waals surface area contributed by atoms with E-state index in [1.165, 1.54) is 0 Å². The zero-order chi connectivity index (χ0) is 23.2. The molecule has 3 aromatic rings. The Morgan fingerprint density at radius 3 is 2.76 bits per heavy atom. The van der Waals surface area contributed by atoms with Gasteiger partial charge in [-0.3, -0.25) is 4.79 Å². The third kappa shape index (κ3) is 5.26. The molecule has 0 atom stereocenters. The maximum absolute atomic E-state index is 13.1. The Morgan fingerprint density at radius 2 is 1.97 bits per heavy atom. The molecule has 4 rings (SSSR count). The molecule has 0 radical (unpaired) electrons. The molecule has 2 aromatic heterocycles. The van der Waals surface area contributed by atoms with Gasteiger partial charge in [-0.15, -0.1) is 0 Å². The Morgan fingerprint density at radius 1 is 1.15 bits per heavy atom. The van der Waals surface area contributed by atoms with Crippen molar-refractivity contribution in [1.29, 1.82) is 0 Å². The summed E-state index contributed by atoms with van der Waals surface area (Å²) in [4.78, 5) is 18.0. The number of fused-ring (bicyclic) bond motifs is 2. The van der Waals surface area contributed by atoms with Gasteiger partial charge < -0.3 is 24.3 Å². The summed E-state index contributed by atoms with van der Waals surface area (Å²) in [6, 6.07) is 7.61. The minimum atomic E-state index is -0.165. The van der Waals surface area contributed by atoms with Gasteiger partial charge in [-0.05, 0) is 44.5 Å². The van der Waals surface area contributed by atoms with Crippen molar-refractivity contribution in [2.24, 2.45) is 0 Å². The Bertz CT molecular complexity index is 1110. The highest BCUT2D eigenvalue weighted by Crippen LogP contribution is 2.35. The molecule has 9 nitrogen and oxygen atoms in total. The first-order valence-electron chi connectivity index (χ1n) is 11.2. The summed E-state index contributed by atoms with van der Waals surface area (Å²) in [7, 11) is 1.64. The second-order valence-corrected chi connectivity index (χ2v) is 8.05. The number of benzene rings is 1. The maximum atomic E-state index is 13.1. The van der Waals surface area contributed by atoms with Crippen molar-refractivity contribution in [1.82, 2.24) is 20.1 Å². The zero-order valence-electron chi connectivity index (χ0n) is 19.3. The van der Waals surface area contributed by atoms with Crippen LogP contribution in [0.3, 0.4) is 0 Å². The fourth-order valence-corrected chi connectivity index (χ4v) is 3.65. The lowest BCUT2D eigenvalue weighted by Crippen LogP contribution is -2.25. The van der Waals surface area contributed by atoms with Crippen molar-refractivity contribution in [2.45, 2.75) is 26.3 Å². The van der Waals surface area contributed by atoms with Gasteiger partial charge in [0.1, 0.15) is 13.2 Å². The molecule has 0 spiro atoms. The number of nitrogens with one attached hydrogen (secondary N) is 1. The van der Waals surface area contributed by atoms with Crippen LogP contribution in [0.5, 0.6) is 11.5 Å². The van der Waals surface area contributed by atoms with E-state index in [-0.39, 0.29) is 11.9 Å². The van der Waals surface area contributed by atoms with Gasteiger partial charge in [-0.1, -0.05) is 0 Å². The number of carbonyl (C=O) groups is 1. The molecular weight excluding hydrogens is 424 g/mol. The minimum absolute atomic E-state index is 0.102. The van der Waals surface area contributed by atoms with Crippen LogP contribution in [0.4, 0.5) is 0 Å². The molecule has 0 saturated heterocycles. The van der Waals surface area contributed by atoms with Crippen molar-refractivity contribution in [3.63, 3.8) is 0 Å². The van der Waals surface area contributed by atoms with Crippen LogP contribution in [-0.4, -0.2) is 67.4 Å². The molecule has 1 N–H and O–H groups in total. The molecule has 0 unspecified atom stereocenters. The molecule has 33 heavy (non-hydrogen) atoms. The number of pyridine rings is 1. The Balaban J connectivity index is 1.60. The third-order valence-corrected chi connectivity index (χ3v) is 5.32. The highest BCUT2D eigenvalue weighted by Gasteiger charge is 2.20. The first kappa shape index (κ1) is 23.0. The summed E-state index contributed by atoms with van der Waals surface area (Å²) in [5, 5.41) is 8.19. The van der Waals surface area contributed by atoms with Gasteiger partial charge in [0, 0.05) is 31.9 Å². The molecule has 0 saturated carbocycles. The molecular formula is C24H30N4O5. The van der Waals surface area contributed by atoms with Gasteiger partial charge in [0.2, 0.25) is 0 Å². The van der Waals surface area contributed by atoms with E-state index in [1.807, 2.05) is 42.8 Å². The summed E-state index contributed by atoms with van der Waals surface area (Å²) >= 11 is 0. The van der Waals surface area contributed by atoms with Crippen LogP contribution in [0.25, 0.3) is 22.3 Å². The predicted molar refractivity (Wildman–Crippen MR) is 124 cm³/mol. The van der Waals surface area contributed by atoms with E-state index >= 15 is 0 Å². The normalized spacial score (nSPS) is 13.0. The molecule has 1 aliphatic heterocycles. The van der Waals surface area contributed by atoms with Crippen LogP contribution in [-0.2, 0) is 9.47 Å². The van der Waals surface area contributed by atoms with Crippen LogP contribution in [0.2, 0.25) is 0 Å².